The van der Waals surface area contributed by atoms with Gasteiger partial charge in [0.25, 0.3) is 11.8 Å². The summed E-state index contributed by atoms with van der Waals surface area (Å²) in [4.78, 5) is 25.1. The highest BCUT2D eigenvalue weighted by atomic mass is 16.5. The lowest BCUT2D eigenvalue weighted by Crippen LogP contribution is -2.35. The van der Waals surface area contributed by atoms with Crippen molar-refractivity contribution in [2.75, 3.05) is 30.5 Å². The third-order valence-electron chi connectivity index (χ3n) is 3.44. The van der Waals surface area contributed by atoms with Gasteiger partial charge in [0.15, 0.2) is 13.2 Å². The number of amides is 2. The van der Waals surface area contributed by atoms with Crippen molar-refractivity contribution in [2.45, 2.75) is 0 Å². The second-order valence-electron chi connectivity index (χ2n) is 5.07. The molecule has 0 spiro atoms. The Kier molecular flexibility index (Phi) is 4.14. The first-order valence-corrected chi connectivity index (χ1v) is 7.14. The van der Waals surface area contributed by atoms with Gasteiger partial charge in [-0.15, -0.1) is 0 Å². The van der Waals surface area contributed by atoms with E-state index < -0.39 is 0 Å². The molecule has 0 unspecified atom stereocenters. The van der Waals surface area contributed by atoms with Gasteiger partial charge in [-0.25, -0.2) is 0 Å². The lowest BCUT2D eigenvalue weighted by atomic mass is 10.2. The topological polar surface area (TPSA) is 67.9 Å². The van der Waals surface area contributed by atoms with Crippen LogP contribution in [0.25, 0.3) is 0 Å². The van der Waals surface area contributed by atoms with Crippen LogP contribution < -0.4 is 19.7 Å². The minimum absolute atomic E-state index is 0.0279. The van der Waals surface area contributed by atoms with Crippen LogP contribution in [-0.4, -0.2) is 32.1 Å². The fraction of sp³-hybridized carbons (Fsp3) is 0.176. The second kappa shape index (κ2) is 6.39. The molecule has 2 aromatic carbocycles. The first-order chi connectivity index (χ1) is 11.1. The third kappa shape index (κ3) is 3.42. The summed E-state index contributed by atoms with van der Waals surface area (Å²) in [6.07, 6.45) is 0. The van der Waals surface area contributed by atoms with Crippen molar-refractivity contribution in [3.63, 3.8) is 0 Å². The number of fused-ring (bicyclic) bond motifs is 1. The minimum atomic E-state index is -0.278. The zero-order chi connectivity index (χ0) is 16.2. The van der Waals surface area contributed by atoms with Crippen LogP contribution in [0.15, 0.2) is 48.5 Å². The van der Waals surface area contributed by atoms with E-state index in [2.05, 4.69) is 5.32 Å². The van der Waals surface area contributed by atoms with Crippen LogP contribution in [0.5, 0.6) is 11.5 Å². The van der Waals surface area contributed by atoms with E-state index in [9.17, 15) is 9.59 Å². The molecule has 1 heterocycles. The van der Waals surface area contributed by atoms with Gasteiger partial charge in [-0.05, 0) is 30.3 Å². The molecule has 0 saturated carbocycles. The van der Waals surface area contributed by atoms with Crippen LogP contribution >= 0.6 is 0 Å². The predicted molar refractivity (Wildman–Crippen MR) is 85.9 cm³/mol. The first kappa shape index (κ1) is 14.9. The number of anilines is 2. The van der Waals surface area contributed by atoms with Gasteiger partial charge in [-0.2, -0.15) is 0 Å². The summed E-state index contributed by atoms with van der Waals surface area (Å²) in [7, 11) is 1.67. The molecule has 2 aromatic rings. The van der Waals surface area contributed by atoms with Crippen LogP contribution in [0, 0.1) is 0 Å². The zero-order valence-electron chi connectivity index (χ0n) is 12.6. The standard InChI is InChI=1S/C17H16N2O4/c1-19-14-9-12(7-8-15(14)23-11-17(19)21)18-16(20)10-22-13-5-3-2-4-6-13/h2-9H,10-11H2,1H3,(H,18,20). The SMILES string of the molecule is CN1C(=O)COc2ccc(NC(=O)COc3ccccc3)cc21. The van der Waals surface area contributed by atoms with Crippen molar-refractivity contribution in [3.05, 3.63) is 48.5 Å². The van der Waals surface area contributed by atoms with E-state index >= 15 is 0 Å². The number of nitrogens with zero attached hydrogens (tertiary/aromatic N) is 1. The molecular formula is C17H16N2O4. The number of ether oxygens (including phenoxy) is 2. The van der Waals surface area contributed by atoms with Gasteiger partial charge >= 0.3 is 0 Å². The lowest BCUT2D eigenvalue weighted by Gasteiger charge is -2.26. The fourth-order valence-electron chi connectivity index (χ4n) is 2.21. The molecule has 1 aliphatic rings. The maximum atomic E-state index is 12.0. The number of hydrogen-bond donors (Lipinski definition) is 1. The molecule has 0 fully saturated rings. The summed E-state index contributed by atoms with van der Waals surface area (Å²) in [6.45, 7) is -0.0630. The van der Waals surface area contributed by atoms with E-state index in [1.165, 1.54) is 4.90 Å². The van der Waals surface area contributed by atoms with Crippen molar-refractivity contribution < 1.29 is 19.1 Å². The van der Waals surface area contributed by atoms with Gasteiger partial charge in [0.2, 0.25) is 0 Å². The quantitative estimate of drug-likeness (QED) is 0.938. The molecule has 2 amide bonds. The van der Waals surface area contributed by atoms with Gasteiger partial charge in [0, 0.05) is 12.7 Å². The molecule has 6 nitrogen and oxygen atoms in total. The molecule has 1 N–H and O–H groups in total. The zero-order valence-corrected chi connectivity index (χ0v) is 12.6. The summed E-state index contributed by atoms with van der Waals surface area (Å²) in [5.41, 5.74) is 1.21. The highest BCUT2D eigenvalue weighted by Gasteiger charge is 2.22. The Hall–Kier alpha value is -3.02. The van der Waals surface area contributed by atoms with Crippen molar-refractivity contribution in [1.29, 1.82) is 0 Å². The maximum absolute atomic E-state index is 12.0. The summed E-state index contributed by atoms with van der Waals surface area (Å²) in [5, 5.41) is 2.74. The van der Waals surface area contributed by atoms with Crippen molar-refractivity contribution in [1.82, 2.24) is 0 Å². The number of hydrogen-bond acceptors (Lipinski definition) is 4. The van der Waals surface area contributed by atoms with Crippen LogP contribution in [0.3, 0.4) is 0 Å². The molecule has 118 valence electrons. The van der Waals surface area contributed by atoms with Gasteiger partial charge in [-0.3, -0.25) is 9.59 Å². The van der Waals surface area contributed by atoms with E-state index in [0.717, 1.165) is 0 Å². The van der Waals surface area contributed by atoms with Crippen molar-refractivity contribution in [3.8, 4) is 11.5 Å². The molecule has 0 atom stereocenters. The summed E-state index contributed by atoms with van der Waals surface area (Å²) in [5.74, 6) is 0.838. The molecule has 0 aromatic heterocycles. The van der Waals surface area contributed by atoms with Gasteiger partial charge in [0.05, 0.1) is 5.69 Å². The summed E-state index contributed by atoms with van der Waals surface area (Å²) in [6, 6.07) is 14.3. The van der Waals surface area contributed by atoms with E-state index in [0.29, 0.717) is 22.9 Å². The lowest BCUT2D eigenvalue weighted by molar-refractivity contribution is -0.121. The van der Waals surface area contributed by atoms with Crippen LogP contribution in [0.2, 0.25) is 0 Å². The van der Waals surface area contributed by atoms with Gasteiger partial charge in [-0.1, -0.05) is 18.2 Å². The van der Waals surface area contributed by atoms with Crippen molar-refractivity contribution >= 4 is 23.2 Å². The Bertz CT molecular complexity index is 731. The Morgan fingerprint density at radius 3 is 2.83 bits per heavy atom. The normalized spacial score (nSPS) is 13.1. The maximum Gasteiger partial charge on any atom is 0.264 e. The predicted octanol–water partition coefficient (Wildman–Crippen LogP) is 2.06. The van der Waals surface area contributed by atoms with E-state index in [1.807, 2.05) is 18.2 Å². The molecule has 0 saturated heterocycles. The third-order valence-corrected chi connectivity index (χ3v) is 3.44. The Morgan fingerprint density at radius 1 is 1.26 bits per heavy atom. The summed E-state index contributed by atoms with van der Waals surface area (Å²) >= 11 is 0. The van der Waals surface area contributed by atoms with Crippen LogP contribution in [0.1, 0.15) is 0 Å². The minimum Gasteiger partial charge on any atom is -0.484 e. The highest BCUT2D eigenvalue weighted by Crippen LogP contribution is 2.33. The van der Waals surface area contributed by atoms with E-state index in [4.69, 9.17) is 9.47 Å². The number of nitrogens with one attached hydrogen (secondary N) is 1. The average Bonchev–Trinajstić information content (AvgIpc) is 2.58. The second-order valence-corrected chi connectivity index (χ2v) is 5.07. The molecule has 6 heteroatoms. The number of likely N-dealkylation sites (N-methyl/N-ethyl adjacent to an activating group) is 1. The largest absolute Gasteiger partial charge is 0.484 e. The molecule has 0 aliphatic carbocycles. The molecular weight excluding hydrogens is 296 g/mol. The van der Waals surface area contributed by atoms with Gasteiger partial charge < -0.3 is 19.7 Å². The number of carbonyl (C=O) groups excluding carboxylic acids is 2. The monoisotopic (exact) mass is 312 g/mol. The Balaban J connectivity index is 1.64. The number of carbonyl (C=O) groups is 2. The number of benzene rings is 2. The van der Waals surface area contributed by atoms with Gasteiger partial charge in [0.1, 0.15) is 11.5 Å². The highest BCUT2D eigenvalue weighted by molar-refractivity contribution is 5.99. The molecule has 23 heavy (non-hydrogen) atoms. The number of rotatable bonds is 4. The fourth-order valence-corrected chi connectivity index (χ4v) is 2.21. The van der Waals surface area contributed by atoms with Crippen LogP contribution in [-0.2, 0) is 9.59 Å². The first-order valence-electron chi connectivity index (χ1n) is 7.14. The molecule has 0 bridgehead atoms. The summed E-state index contributed by atoms with van der Waals surface area (Å²) < 4.78 is 10.7. The van der Waals surface area contributed by atoms with E-state index in [1.54, 1.807) is 37.4 Å². The Labute approximate surface area is 133 Å². The molecule has 0 radical (unpaired) electrons. The smallest absolute Gasteiger partial charge is 0.264 e. The molecule has 1 aliphatic heterocycles. The van der Waals surface area contributed by atoms with E-state index in [-0.39, 0.29) is 25.0 Å². The molecule has 3 rings (SSSR count). The average molecular weight is 312 g/mol. The van der Waals surface area contributed by atoms with Crippen LogP contribution in [0.4, 0.5) is 11.4 Å². The number of para-hydroxylation sites is 1. The Morgan fingerprint density at radius 2 is 2.04 bits per heavy atom. The van der Waals surface area contributed by atoms with Crippen molar-refractivity contribution in [2.24, 2.45) is 0 Å².